The molecule has 0 spiro atoms. The summed E-state index contributed by atoms with van der Waals surface area (Å²) >= 11 is 0. The van der Waals surface area contributed by atoms with Gasteiger partial charge in [-0.15, -0.1) is 0 Å². The lowest BCUT2D eigenvalue weighted by Crippen LogP contribution is -2.29. The zero-order valence-electron chi connectivity index (χ0n) is 10.9. The zero-order chi connectivity index (χ0) is 12.3. The van der Waals surface area contributed by atoms with Crippen molar-refractivity contribution in [3.63, 3.8) is 0 Å². The van der Waals surface area contributed by atoms with Crippen LogP contribution in [-0.2, 0) is 0 Å². The lowest BCUT2D eigenvalue weighted by molar-refractivity contribution is 0.264. The quantitative estimate of drug-likeness (QED) is 0.868. The molecule has 2 N–H and O–H groups in total. The van der Waals surface area contributed by atoms with E-state index in [-0.39, 0.29) is 6.04 Å². The van der Waals surface area contributed by atoms with Gasteiger partial charge < -0.3 is 15.1 Å². The molecular weight excluding hydrogens is 214 g/mol. The Hall–Kier alpha value is -1.00. The Morgan fingerprint density at radius 2 is 2.00 bits per heavy atom. The molecule has 0 bridgehead atoms. The molecule has 2 heterocycles. The highest BCUT2D eigenvalue weighted by Gasteiger charge is 2.19. The first-order valence-electron chi connectivity index (χ1n) is 6.43. The van der Waals surface area contributed by atoms with E-state index in [1.165, 1.54) is 19.3 Å². The van der Waals surface area contributed by atoms with Gasteiger partial charge in [0.2, 0.25) is 0 Å². The van der Waals surface area contributed by atoms with E-state index in [1.54, 1.807) is 0 Å². The van der Waals surface area contributed by atoms with Crippen LogP contribution in [0.4, 0.5) is 5.88 Å². The number of nitrogens with two attached hydrogens (primary N) is 1. The van der Waals surface area contributed by atoms with E-state index in [1.807, 2.05) is 14.1 Å². The van der Waals surface area contributed by atoms with Crippen molar-refractivity contribution in [3.05, 3.63) is 17.9 Å². The van der Waals surface area contributed by atoms with Gasteiger partial charge in [0.25, 0.3) is 0 Å². The smallest absolute Gasteiger partial charge is 0.195 e. The first-order valence-corrected chi connectivity index (χ1v) is 6.43. The molecular formula is C13H23N3O. The number of piperidine rings is 1. The standard InChI is InChI=1S/C13H23N3O/c1-15(2)11(10-14)12-6-7-13(17-12)16-8-4-3-5-9-16/h6-7,11H,3-5,8-10,14H2,1-2H3. The molecule has 1 aliphatic rings. The van der Waals surface area contributed by atoms with E-state index in [4.69, 9.17) is 10.2 Å². The number of nitrogens with zero attached hydrogens (tertiary/aromatic N) is 2. The number of likely N-dealkylation sites (N-methyl/N-ethyl adjacent to an activating group) is 1. The molecule has 4 heteroatoms. The molecule has 1 unspecified atom stereocenters. The molecule has 1 fully saturated rings. The first kappa shape index (κ1) is 12.5. The van der Waals surface area contributed by atoms with Gasteiger partial charge in [-0.3, -0.25) is 4.90 Å². The van der Waals surface area contributed by atoms with E-state index in [0.717, 1.165) is 24.7 Å². The van der Waals surface area contributed by atoms with Crippen LogP contribution in [0.3, 0.4) is 0 Å². The number of hydrogen-bond donors (Lipinski definition) is 1. The van der Waals surface area contributed by atoms with Crippen LogP contribution in [-0.4, -0.2) is 38.6 Å². The fourth-order valence-electron chi connectivity index (χ4n) is 2.39. The summed E-state index contributed by atoms with van der Waals surface area (Å²) in [6, 6.07) is 4.31. The highest BCUT2D eigenvalue weighted by molar-refractivity contribution is 5.37. The Balaban J connectivity index is 2.08. The summed E-state index contributed by atoms with van der Waals surface area (Å²) < 4.78 is 5.94. The van der Waals surface area contributed by atoms with E-state index in [2.05, 4.69) is 21.9 Å². The molecule has 0 radical (unpaired) electrons. The lowest BCUT2D eigenvalue weighted by Gasteiger charge is -2.26. The fraction of sp³-hybridized carbons (Fsp3) is 0.692. The largest absolute Gasteiger partial charge is 0.444 e. The molecule has 1 atom stereocenters. The second-order valence-electron chi connectivity index (χ2n) is 4.94. The summed E-state index contributed by atoms with van der Waals surface area (Å²) in [6.07, 6.45) is 3.88. The second kappa shape index (κ2) is 5.56. The molecule has 0 aromatic carbocycles. The van der Waals surface area contributed by atoms with Gasteiger partial charge in [0.05, 0.1) is 6.04 Å². The molecule has 0 amide bonds. The van der Waals surface area contributed by atoms with Crippen molar-refractivity contribution in [2.75, 3.05) is 38.6 Å². The summed E-state index contributed by atoms with van der Waals surface area (Å²) in [6.45, 7) is 2.81. The van der Waals surface area contributed by atoms with Crippen LogP contribution in [0.25, 0.3) is 0 Å². The van der Waals surface area contributed by atoms with Crippen LogP contribution < -0.4 is 10.6 Å². The minimum Gasteiger partial charge on any atom is -0.444 e. The highest BCUT2D eigenvalue weighted by Crippen LogP contribution is 2.27. The topological polar surface area (TPSA) is 45.6 Å². The molecule has 96 valence electrons. The summed E-state index contributed by atoms with van der Waals surface area (Å²) in [7, 11) is 4.06. The van der Waals surface area contributed by atoms with Gasteiger partial charge in [0.1, 0.15) is 5.76 Å². The maximum absolute atomic E-state index is 5.94. The normalized spacial score (nSPS) is 18.7. The summed E-state index contributed by atoms with van der Waals surface area (Å²) in [4.78, 5) is 4.43. The highest BCUT2D eigenvalue weighted by atomic mass is 16.4. The van der Waals surface area contributed by atoms with Gasteiger partial charge in [-0.2, -0.15) is 0 Å². The molecule has 17 heavy (non-hydrogen) atoms. The minimum atomic E-state index is 0.175. The first-order chi connectivity index (χ1) is 8.22. The Bertz CT molecular complexity index is 342. The molecule has 0 saturated carbocycles. The molecule has 1 aromatic heterocycles. The number of rotatable bonds is 4. The molecule has 4 nitrogen and oxygen atoms in total. The third-order valence-electron chi connectivity index (χ3n) is 3.46. The van der Waals surface area contributed by atoms with E-state index >= 15 is 0 Å². The Morgan fingerprint density at radius 1 is 1.29 bits per heavy atom. The van der Waals surface area contributed by atoms with Gasteiger partial charge in [0.15, 0.2) is 5.88 Å². The van der Waals surface area contributed by atoms with Gasteiger partial charge in [-0.25, -0.2) is 0 Å². The van der Waals surface area contributed by atoms with Crippen molar-refractivity contribution in [3.8, 4) is 0 Å². The van der Waals surface area contributed by atoms with E-state index < -0.39 is 0 Å². The van der Waals surface area contributed by atoms with Crippen LogP contribution in [0.5, 0.6) is 0 Å². The van der Waals surface area contributed by atoms with E-state index in [9.17, 15) is 0 Å². The molecule has 2 rings (SSSR count). The Morgan fingerprint density at radius 3 is 2.59 bits per heavy atom. The van der Waals surface area contributed by atoms with Crippen LogP contribution >= 0.6 is 0 Å². The molecule has 1 saturated heterocycles. The zero-order valence-corrected chi connectivity index (χ0v) is 10.9. The lowest BCUT2D eigenvalue weighted by atomic mass is 10.1. The van der Waals surface area contributed by atoms with Crippen LogP contribution in [0, 0.1) is 0 Å². The maximum Gasteiger partial charge on any atom is 0.195 e. The summed E-state index contributed by atoms with van der Waals surface area (Å²) in [5, 5.41) is 0. The average molecular weight is 237 g/mol. The van der Waals surface area contributed by atoms with Crippen molar-refractivity contribution in [2.24, 2.45) is 5.73 Å². The maximum atomic E-state index is 5.94. The Labute approximate surface area is 103 Å². The third-order valence-corrected chi connectivity index (χ3v) is 3.46. The van der Waals surface area contributed by atoms with Crippen molar-refractivity contribution < 1.29 is 4.42 Å². The van der Waals surface area contributed by atoms with E-state index in [0.29, 0.717) is 6.54 Å². The molecule has 0 aliphatic carbocycles. The van der Waals surface area contributed by atoms with Gasteiger partial charge >= 0.3 is 0 Å². The van der Waals surface area contributed by atoms with Crippen molar-refractivity contribution >= 4 is 5.88 Å². The van der Waals surface area contributed by atoms with Gasteiger partial charge in [0, 0.05) is 25.7 Å². The third kappa shape index (κ3) is 2.82. The number of hydrogen-bond acceptors (Lipinski definition) is 4. The second-order valence-corrected chi connectivity index (χ2v) is 4.94. The van der Waals surface area contributed by atoms with Crippen molar-refractivity contribution in [2.45, 2.75) is 25.3 Å². The van der Waals surface area contributed by atoms with Crippen molar-refractivity contribution in [1.82, 2.24) is 4.90 Å². The monoisotopic (exact) mass is 237 g/mol. The predicted molar refractivity (Wildman–Crippen MR) is 70.3 cm³/mol. The predicted octanol–water partition coefficient (Wildman–Crippen LogP) is 1.83. The summed E-state index contributed by atoms with van der Waals surface area (Å²) in [5.74, 6) is 1.97. The van der Waals surface area contributed by atoms with Crippen LogP contribution in [0.15, 0.2) is 16.5 Å². The fourth-order valence-corrected chi connectivity index (χ4v) is 2.39. The number of furan rings is 1. The number of anilines is 1. The SMILES string of the molecule is CN(C)C(CN)c1ccc(N2CCCCC2)o1. The molecule has 1 aromatic rings. The van der Waals surface area contributed by atoms with Crippen molar-refractivity contribution in [1.29, 1.82) is 0 Å². The average Bonchev–Trinajstić information content (AvgIpc) is 2.80. The van der Waals surface area contributed by atoms with Gasteiger partial charge in [-0.1, -0.05) is 0 Å². The minimum absolute atomic E-state index is 0.175. The van der Waals surface area contributed by atoms with Gasteiger partial charge in [-0.05, 0) is 39.4 Å². The van der Waals surface area contributed by atoms with Crippen LogP contribution in [0.2, 0.25) is 0 Å². The summed E-state index contributed by atoms with van der Waals surface area (Å²) in [5.41, 5.74) is 5.78. The Kier molecular flexibility index (Phi) is 4.07. The molecule has 1 aliphatic heterocycles. The van der Waals surface area contributed by atoms with Crippen LogP contribution in [0.1, 0.15) is 31.1 Å².